The molecule has 1 aliphatic rings. The van der Waals surface area contributed by atoms with Crippen molar-refractivity contribution < 1.29 is 4.79 Å². The highest BCUT2D eigenvalue weighted by molar-refractivity contribution is 5.97. The van der Waals surface area contributed by atoms with Gasteiger partial charge >= 0.3 is 0 Å². The summed E-state index contributed by atoms with van der Waals surface area (Å²) in [6, 6.07) is 16.2. The number of piperazine rings is 1. The van der Waals surface area contributed by atoms with E-state index in [0.29, 0.717) is 23.7 Å². The summed E-state index contributed by atoms with van der Waals surface area (Å²) in [6.45, 7) is 6.80. The van der Waals surface area contributed by atoms with Gasteiger partial charge in [0.05, 0.1) is 0 Å². The number of fused-ring (bicyclic) bond motifs is 1. The molecule has 7 heteroatoms. The number of aromatic nitrogens is 3. The molecule has 0 radical (unpaired) electrons. The molecule has 7 nitrogen and oxygen atoms in total. The molecule has 2 aromatic carbocycles. The number of nitrogens with zero attached hydrogens (tertiary/aromatic N) is 4. The molecular formula is C20H24N6O. The Kier molecular flexibility index (Phi) is 5.02. The number of benzene rings is 2. The molecule has 0 aliphatic carbocycles. The van der Waals surface area contributed by atoms with E-state index in [4.69, 9.17) is 0 Å². The summed E-state index contributed by atoms with van der Waals surface area (Å²) in [5.74, 6) is -0.0744. The molecule has 1 unspecified atom stereocenters. The van der Waals surface area contributed by atoms with Gasteiger partial charge in [-0.2, -0.15) is 15.4 Å². The van der Waals surface area contributed by atoms with Gasteiger partial charge in [-0.25, -0.2) is 0 Å². The van der Waals surface area contributed by atoms with Gasteiger partial charge in [0.15, 0.2) is 0 Å². The van der Waals surface area contributed by atoms with Crippen molar-refractivity contribution in [1.29, 1.82) is 0 Å². The second-order valence-electron chi connectivity index (χ2n) is 6.94. The zero-order valence-corrected chi connectivity index (χ0v) is 15.4. The van der Waals surface area contributed by atoms with Gasteiger partial charge in [0.25, 0.3) is 5.91 Å². The van der Waals surface area contributed by atoms with Crippen molar-refractivity contribution in [3.8, 4) is 0 Å². The summed E-state index contributed by atoms with van der Waals surface area (Å²) < 4.78 is 0. The van der Waals surface area contributed by atoms with Crippen LogP contribution in [0.4, 0.5) is 5.69 Å². The highest BCUT2D eigenvalue weighted by Crippen LogP contribution is 2.16. The number of carbonyl (C=O) groups is 1. The number of hydrogen-bond donors (Lipinski definition) is 2. The van der Waals surface area contributed by atoms with Gasteiger partial charge in [0.2, 0.25) is 0 Å². The van der Waals surface area contributed by atoms with Crippen LogP contribution in [0.15, 0.2) is 48.5 Å². The normalized spacial score (nSPS) is 16.4. The number of hydrogen-bond acceptors (Lipinski definition) is 5. The average Bonchev–Trinajstić information content (AvgIpc) is 3.20. The third-order valence-corrected chi connectivity index (χ3v) is 5.20. The zero-order chi connectivity index (χ0) is 18.6. The zero-order valence-electron chi connectivity index (χ0n) is 15.4. The van der Waals surface area contributed by atoms with Crippen LogP contribution in [0, 0.1) is 0 Å². The standard InChI is InChI=1S/C20H24N6O/c1-15(25-9-11-26(12-10-25)17-5-3-2-4-6-17)14-21-20(27)16-7-8-18-19(13-16)23-24-22-18/h2-8,13,15H,9-12,14H2,1H3,(H,21,27)(H,22,23,24). The van der Waals surface area contributed by atoms with Crippen molar-refractivity contribution in [3.63, 3.8) is 0 Å². The summed E-state index contributed by atoms with van der Waals surface area (Å²) in [4.78, 5) is 17.3. The van der Waals surface area contributed by atoms with Gasteiger partial charge in [-0.05, 0) is 37.3 Å². The van der Waals surface area contributed by atoms with Gasteiger partial charge in [-0.3, -0.25) is 9.69 Å². The summed E-state index contributed by atoms with van der Waals surface area (Å²) in [7, 11) is 0. The second kappa shape index (κ2) is 7.75. The minimum Gasteiger partial charge on any atom is -0.369 e. The Balaban J connectivity index is 1.28. The maximum Gasteiger partial charge on any atom is 0.251 e. The number of H-pyrrole nitrogens is 1. The lowest BCUT2D eigenvalue weighted by Gasteiger charge is -2.39. The molecule has 1 fully saturated rings. The van der Waals surface area contributed by atoms with E-state index in [-0.39, 0.29) is 5.91 Å². The van der Waals surface area contributed by atoms with Crippen molar-refractivity contribution in [2.45, 2.75) is 13.0 Å². The van der Waals surface area contributed by atoms with Gasteiger partial charge < -0.3 is 10.2 Å². The number of carbonyl (C=O) groups excluding carboxylic acids is 1. The predicted molar refractivity (Wildman–Crippen MR) is 106 cm³/mol. The molecule has 27 heavy (non-hydrogen) atoms. The topological polar surface area (TPSA) is 77.1 Å². The van der Waals surface area contributed by atoms with E-state index in [2.05, 4.69) is 61.7 Å². The van der Waals surface area contributed by atoms with Crippen LogP contribution < -0.4 is 10.2 Å². The van der Waals surface area contributed by atoms with Crippen LogP contribution >= 0.6 is 0 Å². The molecule has 140 valence electrons. The van der Waals surface area contributed by atoms with Crippen LogP contribution in [0.25, 0.3) is 11.0 Å². The molecule has 0 saturated carbocycles. The molecule has 1 aliphatic heterocycles. The predicted octanol–water partition coefficient (Wildman–Crippen LogP) is 1.90. The van der Waals surface area contributed by atoms with Gasteiger partial charge in [0, 0.05) is 50.0 Å². The van der Waals surface area contributed by atoms with Gasteiger partial charge in [-0.15, -0.1) is 0 Å². The Bertz CT molecular complexity index is 901. The van der Waals surface area contributed by atoms with Crippen molar-refractivity contribution in [2.75, 3.05) is 37.6 Å². The van der Waals surface area contributed by atoms with E-state index in [9.17, 15) is 4.79 Å². The van der Waals surface area contributed by atoms with Crippen LogP contribution in [-0.2, 0) is 0 Å². The first-order valence-electron chi connectivity index (χ1n) is 9.33. The largest absolute Gasteiger partial charge is 0.369 e. The molecular weight excluding hydrogens is 340 g/mol. The molecule has 2 heterocycles. The SMILES string of the molecule is CC(CNC(=O)c1ccc2n[nH]nc2c1)N1CCN(c2ccccc2)CC1. The summed E-state index contributed by atoms with van der Waals surface area (Å²) >= 11 is 0. The summed E-state index contributed by atoms with van der Waals surface area (Å²) in [5, 5.41) is 13.7. The van der Waals surface area contributed by atoms with Crippen molar-refractivity contribution in [3.05, 3.63) is 54.1 Å². The minimum absolute atomic E-state index is 0.0744. The number of rotatable bonds is 5. The molecule has 1 saturated heterocycles. The highest BCUT2D eigenvalue weighted by Gasteiger charge is 2.21. The maximum absolute atomic E-state index is 12.4. The fraction of sp³-hybridized carbons (Fsp3) is 0.350. The van der Waals surface area contributed by atoms with E-state index in [1.54, 1.807) is 18.2 Å². The molecule has 1 atom stereocenters. The van der Waals surface area contributed by atoms with E-state index in [1.165, 1.54) is 5.69 Å². The number of anilines is 1. The van der Waals surface area contributed by atoms with Crippen LogP contribution in [0.2, 0.25) is 0 Å². The lowest BCUT2D eigenvalue weighted by molar-refractivity contribution is 0.0934. The molecule has 1 aromatic heterocycles. The Morgan fingerprint density at radius 3 is 2.59 bits per heavy atom. The molecule has 4 rings (SSSR count). The van der Waals surface area contributed by atoms with Gasteiger partial charge in [-0.1, -0.05) is 18.2 Å². The molecule has 0 spiro atoms. The number of amides is 1. The average molecular weight is 364 g/mol. The fourth-order valence-corrected chi connectivity index (χ4v) is 3.51. The minimum atomic E-state index is -0.0744. The molecule has 0 bridgehead atoms. The maximum atomic E-state index is 12.4. The van der Waals surface area contributed by atoms with Gasteiger partial charge in [0.1, 0.15) is 11.0 Å². The third-order valence-electron chi connectivity index (χ3n) is 5.20. The first kappa shape index (κ1) is 17.5. The summed E-state index contributed by atoms with van der Waals surface area (Å²) in [6.07, 6.45) is 0. The molecule has 2 N–H and O–H groups in total. The smallest absolute Gasteiger partial charge is 0.251 e. The van der Waals surface area contributed by atoms with Crippen LogP contribution in [0.5, 0.6) is 0 Å². The monoisotopic (exact) mass is 364 g/mol. The number of nitrogens with one attached hydrogen (secondary N) is 2. The van der Waals surface area contributed by atoms with Crippen LogP contribution in [0.1, 0.15) is 17.3 Å². The quantitative estimate of drug-likeness (QED) is 0.723. The van der Waals surface area contributed by atoms with E-state index >= 15 is 0 Å². The highest BCUT2D eigenvalue weighted by atomic mass is 16.1. The Morgan fingerprint density at radius 2 is 1.81 bits per heavy atom. The first-order chi connectivity index (χ1) is 13.2. The second-order valence-corrected chi connectivity index (χ2v) is 6.94. The van der Waals surface area contributed by atoms with Crippen molar-refractivity contribution in [1.82, 2.24) is 25.6 Å². The Morgan fingerprint density at radius 1 is 1.07 bits per heavy atom. The van der Waals surface area contributed by atoms with E-state index in [1.807, 2.05) is 6.07 Å². The van der Waals surface area contributed by atoms with E-state index < -0.39 is 0 Å². The van der Waals surface area contributed by atoms with Crippen LogP contribution in [0.3, 0.4) is 0 Å². The van der Waals surface area contributed by atoms with Crippen molar-refractivity contribution in [2.24, 2.45) is 0 Å². The first-order valence-corrected chi connectivity index (χ1v) is 9.33. The van der Waals surface area contributed by atoms with Crippen molar-refractivity contribution >= 4 is 22.6 Å². The van der Waals surface area contributed by atoms with E-state index in [0.717, 1.165) is 31.7 Å². The molecule has 3 aromatic rings. The van der Waals surface area contributed by atoms with Crippen LogP contribution in [-0.4, -0.2) is 65.0 Å². The lowest BCUT2D eigenvalue weighted by Crippen LogP contribution is -2.52. The summed E-state index contributed by atoms with van der Waals surface area (Å²) in [5.41, 5.74) is 3.35. The Labute approximate surface area is 158 Å². The third kappa shape index (κ3) is 3.93. The lowest BCUT2D eigenvalue weighted by atomic mass is 10.1. The number of aromatic amines is 1. The Hall–Kier alpha value is -2.93. The molecule has 1 amide bonds. The number of para-hydroxylation sites is 1. The fourth-order valence-electron chi connectivity index (χ4n) is 3.51.